The predicted octanol–water partition coefficient (Wildman–Crippen LogP) is -1.20. The highest BCUT2D eigenvalue weighted by molar-refractivity contribution is 5.95. The highest BCUT2D eigenvalue weighted by Crippen LogP contribution is 1.88. The van der Waals surface area contributed by atoms with Crippen LogP contribution in [0.2, 0.25) is 0 Å². The van der Waals surface area contributed by atoms with Gasteiger partial charge in [-0.2, -0.15) is 0 Å². The molecule has 0 saturated carbocycles. The molecule has 0 bridgehead atoms. The fraction of sp³-hybridized carbons (Fsp3) is 0.600. The monoisotopic (exact) mass is 162 g/mol. The van der Waals surface area contributed by atoms with Gasteiger partial charge in [0.1, 0.15) is 0 Å². The summed E-state index contributed by atoms with van der Waals surface area (Å²) >= 11 is 0. The van der Waals surface area contributed by atoms with Crippen molar-refractivity contribution in [3.63, 3.8) is 0 Å². The van der Waals surface area contributed by atoms with Gasteiger partial charge >= 0.3 is 6.03 Å². The number of nitrogens with two attached hydrogens (primary N) is 1. The Bertz CT molecular complexity index is 155. The zero-order chi connectivity index (χ0) is 8.85. The molecule has 0 rings (SSSR count). The van der Waals surface area contributed by atoms with E-state index < -0.39 is 18.2 Å². The van der Waals surface area contributed by atoms with Gasteiger partial charge in [-0.3, -0.25) is 10.1 Å². The lowest BCUT2D eigenvalue weighted by molar-refractivity contribution is -0.157. The molecule has 0 heterocycles. The summed E-state index contributed by atoms with van der Waals surface area (Å²) in [7, 11) is 2.55. The Kier molecular flexibility index (Phi) is 4.16. The number of carbonyl (C=O) groups is 2. The van der Waals surface area contributed by atoms with Crippen LogP contribution in [-0.4, -0.2) is 32.4 Å². The topological polar surface area (TPSA) is 90.7 Å². The lowest BCUT2D eigenvalue weighted by Crippen LogP contribution is -2.43. The van der Waals surface area contributed by atoms with Crippen molar-refractivity contribution in [2.75, 3.05) is 14.2 Å². The summed E-state index contributed by atoms with van der Waals surface area (Å²) in [5.74, 6) is -0.720. The predicted molar refractivity (Wildman–Crippen MR) is 35.5 cm³/mol. The van der Waals surface area contributed by atoms with Crippen LogP contribution in [0.25, 0.3) is 0 Å². The van der Waals surface area contributed by atoms with Crippen molar-refractivity contribution in [2.45, 2.75) is 6.29 Å². The van der Waals surface area contributed by atoms with E-state index in [1.807, 2.05) is 0 Å². The van der Waals surface area contributed by atoms with E-state index in [1.54, 1.807) is 5.32 Å². The number of urea groups is 1. The number of amides is 3. The maximum atomic E-state index is 10.8. The molecular formula is C5H10N2O4. The number of hydrogen-bond donors (Lipinski definition) is 2. The number of nitrogens with one attached hydrogen (secondary N) is 1. The molecule has 3 N–H and O–H groups in total. The summed E-state index contributed by atoms with van der Waals surface area (Å²) in [5.41, 5.74) is 4.66. The Morgan fingerprint density at radius 2 is 1.82 bits per heavy atom. The van der Waals surface area contributed by atoms with Crippen LogP contribution in [0.1, 0.15) is 0 Å². The summed E-state index contributed by atoms with van der Waals surface area (Å²) < 4.78 is 9.04. The van der Waals surface area contributed by atoms with Gasteiger partial charge in [-0.1, -0.05) is 0 Å². The second kappa shape index (κ2) is 4.64. The van der Waals surface area contributed by atoms with Crippen LogP contribution >= 0.6 is 0 Å². The molecule has 64 valence electrons. The molecule has 0 aromatic heterocycles. The first-order chi connectivity index (χ1) is 5.11. The van der Waals surface area contributed by atoms with Crippen LogP contribution in [0.5, 0.6) is 0 Å². The highest BCUT2D eigenvalue weighted by Gasteiger charge is 2.17. The summed E-state index contributed by atoms with van der Waals surface area (Å²) in [5, 5.41) is 1.79. The molecule has 0 unspecified atom stereocenters. The minimum absolute atomic E-state index is 0.720. The van der Waals surface area contributed by atoms with E-state index in [4.69, 9.17) is 0 Å². The standard InChI is InChI=1S/C5H10N2O4/c1-10-4(11-2)3(8)7-5(6)9/h4H,1-2H3,(H3,6,7,8,9). The lowest BCUT2D eigenvalue weighted by atomic mass is 10.6. The fourth-order valence-corrected chi connectivity index (χ4v) is 0.491. The Morgan fingerprint density at radius 1 is 1.36 bits per heavy atom. The number of carbonyl (C=O) groups excluding carboxylic acids is 2. The van der Waals surface area contributed by atoms with E-state index in [0.29, 0.717) is 0 Å². The average Bonchev–Trinajstić information content (AvgIpc) is 1.88. The van der Waals surface area contributed by atoms with Gasteiger partial charge < -0.3 is 15.2 Å². The third-order valence-electron chi connectivity index (χ3n) is 0.889. The molecule has 0 radical (unpaired) electrons. The second-order valence-electron chi connectivity index (χ2n) is 1.66. The van der Waals surface area contributed by atoms with E-state index in [-0.39, 0.29) is 0 Å². The van der Waals surface area contributed by atoms with Gasteiger partial charge in [0.2, 0.25) is 6.29 Å². The first kappa shape index (κ1) is 9.86. The molecule has 0 fully saturated rings. The van der Waals surface area contributed by atoms with Crippen LogP contribution in [0, 0.1) is 0 Å². The van der Waals surface area contributed by atoms with Crippen LogP contribution < -0.4 is 11.1 Å². The van der Waals surface area contributed by atoms with Crippen molar-refractivity contribution in [1.82, 2.24) is 5.32 Å². The zero-order valence-corrected chi connectivity index (χ0v) is 6.29. The quantitative estimate of drug-likeness (QED) is 0.510. The van der Waals surface area contributed by atoms with Crippen molar-refractivity contribution in [2.24, 2.45) is 5.73 Å². The third kappa shape index (κ3) is 3.54. The van der Waals surface area contributed by atoms with Crippen molar-refractivity contribution in [3.8, 4) is 0 Å². The number of hydrogen-bond acceptors (Lipinski definition) is 4. The molecule has 6 nitrogen and oxygen atoms in total. The maximum Gasteiger partial charge on any atom is 0.318 e. The Hall–Kier alpha value is -1.14. The molecule has 0 aliphatic heterocycles. The van der Waals surface area contributed by atoms with E-state index in [0.717, 1.165) is 0 Å². The highest BCUT2D eigenvalue weighted by atomic mass is 16.7. The van der Waals surface area contributed by atoms with Crippen LogP contribution in [-0.2, 0) is 14.3 Å². The van der Waals surface area contributed by atoms with Gasteiger partial charge in [0.15, 0.2) is 0 Å². The summed E-state index contributed by atoms with van der Waals surface area (Å²) in [6.45, 7) is 0. The summed E-state index contributed by atoms with van der Waals surface area (Å²) in [4.78, 5) is 20.9. The normalized spacial score (nSPS) is 9.73. The molecule has 0 atom stereocenters. The summed E-state index contributed by atoms with van der Waals surface area (Å²) in [6.07, 6.45) is -1.09. The van der Waals surface area contributed by atoms with Crippen molar-refractivity contribution in [3.05, 3.63) is 0 Å². The van der Waals surface area contributed by atoms with Gasteiger partial charge in [0.25, 0.3) is 5.91 Å². The van der Waals surface area contributed by atoms with Gasteiger partial charge in [-0.05, 0) is 0 Å². The minimum atomic E-state index is -1.09. The average molecular weight is 162 g/mol. The van der Waals surface area contributed by atoms with Crippen molar-refractivity contribution >= 4 is 11.9 Å². The number of rotatable bonds is 3. The van der Waals surface area contributed by atoms with Gasteiger partial charge in [-0.25, -0.2) is 4.79 Å². The second-order valence-corrected chi connectivity index (χ2v) is 1.66. The van der Waals surface area contributed by atoms with E-state index >= 15 is 0 Å². The fourth-order valence-electron chi connectivity index (χ4n) is 0.491. The molecule has 3 amide bonds. The van der Waals surface area contributed by atoms with E-state index in [9.17, 15) is 9.59 Å². The Labute approximate surface area is 63.6 Å². The molecule has 0 aromatic rings. The molecular weight excluding hydrogens is 152 g/mol. The van der Waals surface area contributed by atoms with Gasteiger partial charge in [-0.15, -0.1) is 0 Å². The van der Waals surface area contributed by atoms with E-state index in [1.165, 1.54) is 14.2 Å². The van der Waals surface area contributed by atoms with E-state index in [2.05, 4.69) is 15.2 Å². The molecule has 0 aliphatic carbocycles. The van der Waals surface area contributed by atoms with Crippen LogP contribution in [0.3, 0.4) is 0 Å². The van der Waals surface area contributed by atoms with Crippen molar-refractivity contribution in [1.29, 1.82) is 0 Å². The first-order valence-corrected chi connectivity index (χ1v) is 2.77. The number of ether oxygens (including phenoxy) is 2. The molecule has 0 aromatic carbocycles. The zero-order valence-electron chi connectivity index (χ0n) is 6.29. The van der Waals surface area contributed by atoms with Gasteiger partial charge in [0, 0.05) is 14.2 Å². The molecule has 6 heteroatoms. The third-order valence-corrected chi connectivity index (χ3v) is 0.889. The van der Waals surface area contributed by atoms with Gasteiger partial charge in [0.05, 0.1) is 0 Å². The maximum absolute atomic E-state index is 10.8. The van der Waals surface area contributed by atoms with Crippen molar-refractivity contribution < 1.29 is 19.1 Å². The number of imide groups is 1. The molecule has 0 spiro atoms. The summed E-state index contributed by atoms with van der Waals surface area (Å²) in [6, 6.07) is -0.936. The molecule has 11 heavy (non-hydrogen) atoms. The number of methoxy groups -OCH3 is 2. The smallest absolute Gasteiger partial charge is 0.318 e. The minimum Gasteiger partial charge on any atom is -0.351 e. The molecule has 0 saturated heterocycles. The molecule has 0 aliphatic rings. The Balaban J connectivity index is 3.89. The Morgan fingerprint density at radius 3 is 2.09 bits per heavy atom. The number of primary amides is 1. The van der Waals surface area contributed by atoms with Crippen LogP contribution in [0.15, 0.2) is 0 Å². The largest absolute Gasteiger partial charge is 0.351 e. The van der Waals surface area contributed by atoms with Crippen LogP contribution in [0.4, 0.5) is 4.79 Å². The lowest BCUT2D eigenvalue weighted by Gasteiger charge is -2.10. The SMILES string of the molecule is COC(OC)C(=O)NC(N)=O. The first-order valence-electron chi connectivity index (χ1n) is 2.77.